The standard InChI is InChI=1S/C15H20N2O/c1-3-15(18)17-14-10-11(2)4-5-13(14)12-6-8-16-9-7-12/h3-5,10,12,16H,1,6-9H2,2H3,(H,17,18). The zero-order chi connectivity index (χ0) is 13.0. The van der Waals surface area contributed by atoms with Crippen molar-refractivity contribution in [2.75, 3.05) is 18.4 Å². The summed E-state index contributed by atoms with van der Waals surface area (Å²) in [5, 5.41) is 6.28. The first-order valence-electron chi connectivity index (χ1n) is 6.45. The predicted molar refractivity (Wildman–Crippen MR) is 74.9 cm³/mol. The van der Waals surface area contributed by atoms with E-state index >= 15 is 0 Å². The van der Waals surface area contributed by atoms with Gasteiger partial charge in [0.2, 0.25) is 5.91 Å². The average molecular weight is 244 g/mol. The molecule has 3 nitrogen and oxygen atoms in total. The maximum Gasteiger partial charge on any atom is 0.247 e. The molecule has 0 unspecified atom stereocenters. The minimum Gasteiger partial charge on any atom is -0.322 e. The first kappa shape index (κ1) is 12.8. The normalized spacial score (nSPS) is 16.3. The van der Waals surface area contributed by atoms with Crippen molar-refractivity contribution >= 4 is 11.6 Å². The highest BCUT2D eigenvalue weighted by atomic mass is 16.1. The van der Waals surface area contributed by atoms with E-state index in [1.54, 1.807) is 0 Å². The lowest BCUT2D eigenvalue weighted by Crippen LogP contribution is -2.27. The van der Waals surface area contributed by atoms with E-state index in [4.69, 9.17) is 0 Å². The van der Waals surface area contributed by atoms with Gasteiger partial charge in [-0.1, -0.05) is 18.7 Å². The van der Waals surface area contributed by atoms with Crippen molar-refractivity contribution in [2.24, 2.45) is 0 Å². The minimum atomic E-state index is -0.143. The fourth-order valence-corrected chi connectivity index (χ4v) is 2.45. The SMILES string of the molecule is C=CC(=O)Nc1cc(C)ccc1C1CCNCC1. The number of aryl methyl sites for hydroxylation is 1. The van der Waals surface area contributed by atoms with Gasteiger partial charge in [-0.15, -0.1) is 0 Å². The molecule has 2 N–H and O–H groups in total. The number of amides is 1. The summed E-state index contributed by atoms with van der Waals surface area (Å²) in [4.78, 5) is 11.5. The molecule has 1 aliphatic heterocycles. The molecule has 0 bridgehead atoms. The van der Waals surface area contributed by atoms with E-state index in [1.165, 1.54) is 11.6 Å². The van der Waals surface area contributed by atoms with Crippen LogP contribution in [0.25, 0.3) is 0 Å². The second-order valence-corrected chi connectivity index (χ2v) is 4.81. The summed E-state index contributed by atoms with van der Waals surface area (Å²) in [7, 11) is 0. The van der Waals surface area contributed by atoms with Crippen LogP contribution < -0.4 is 10.6 Å². The van der Waals surface area contributed by atoms with Crippen molar-refractivity contribution in [3.8, 4) is 0 Å². The fraction of sp³-hybridized carbons (Fsp3) is 0.400. The van der Waals surface area contributed by atoms with Gasteiger partial charge in [0.25, 0.3) is 0 Å². The van der Waals surface area contributed by atoms with Gasteiger partial charge >= 0.3 is 0 Å². The molecule has 1 amide bonds. The Labute approximate surface area is 108 Å². The van der Waals surface area contributed by atoms with Crippen LogP contribution in [0.3, 0.4) is 0 Å². The van der Waals surface area contributed by atoms with E-state index in [0.717, 1.165) is 37.2 Å². The molecule has 1 saturated heterocycles. The molecule has 3 heteroatoms. The highest BCUT2D eigenvalue weighted by molar-refractivity contribution is 5.99. The summed E-state index contributed by atoms with van der Waals surface area (Å²) in [6, 6.07) is 6.30. The fourth-order valence-electron chi connectivity index (χ4n) is 2.45. The molecule has 1 heterocycles. The number of carbonyl (C=O) groups excluding carboxylic acids is 1. The summed E-state index contributed by atoms with van der Waals surface area (Å²) in [6.45, 7) is 7.63. The largest absolute Gasteiger partial charge is 0.322 e. The van der Waals surface area contributed by atoms with E-state index in [-0.39, 0.29) is 5.91 Å². The number of rotatable bonds is 3. The Morgan fingerprint density at radius 2 is 2.17 bits per heavy atom. The second kappa shape index (κ2) is 5.83. The molecule has 0 aliphatic carbocycles. The van der Waals surface area contributed by atoms with Crippen molar-refractivity contribution in [3.05, 3.63) is 42.0 Å². The van der Waals surface area contributed by atoms with Crippen LogP contribution in [0, 0.1) is 6.92 Å². The lowest BCUT2D eigenvalue weighted by Gasteiger charge is -2.25. The van der Waals surface area contributed by atoms with Crippen LogP contribution in [0.5, 0.6) is 0 Å². The summed E-state index contributed by atoms with van der Waals surface area (Å²) in [5.74, 6) is 0.391. The molecule has 2 rings (SSSR count). The Hall–Kier alpha value is -1.61. The molecule has 0 atom stereocenters. The van der Waals surface area contributed by atoms with E-state index in [0.29, 0.717) is 5.92 Å². The van der Waals surface area contributed by atoms with E-state index in [1.807, 2.05) is 13.0 Å². The second-order valence-electron chi connectivity index (χ2n) is 4.81. The predicted octanol–water partition coefficient (Wildman–Crippen LogP) is 2.59. The number of benzene rings is 1. The van der Waals surface area contributed by atoms with Crippen molar-refractivity contribution in [3.63, 3.8) is 0 Å². The molecule has 1 fully saturated rings. The van der Waals surface area contributed by atoms with Gasteiger partial charge in [0.1, 0.15) is 0 Å². The molecule has 0 radical (unpaired) electrons. The van der Waals surface area contributed by atoms with Crippen LogP contribution >= 0.6 is 0 Å². The molecule has 1 aromatic rings. The number of hydrogen-bond donors (Lipinski definition) is 2. The van der Waals surface area contributed by atoms with Crippen molar-refractivity contribution in [1.29, 1.82) is 0 Å². The Morgan fingerprint density at radius 3 is 2.83 bits per heavy atom. The average Bonchev–Trinajstić information content (AvgIpc) is 2.40. The Bertz CT molecular complexity index is 448. The number of nitrogens with one attached hydrogen (secondary N) is 2. The molecular weight excluding hydrogens is 224 g/mol. The third kappa shape index (κ3) is 2.99. The van der Waals surface area contributed by atoms with Crippen LogP contribution in [-0.4, -0.2) is 19.0 Å². The van der Waals surface area contributed by atoms with Gasteiger partial charge in [-0.2, -0.15) is 0 Å². The number of carbonyl (C=O) groups is 1. The highest BCUT2D eigenvalue weighted by Gasteiger charge is 2.18. The van der Waals surface area contributed by atoms with Gasteiger partial charge in [0.05, 0.1) is 0 Å². The summed E-state index contributed by atoms with van der Waals surface area (Å²) in [5.41, 5.74) is 3.34. The maximum atomic E-state index is 11.5. The number of piperidine rings is 1. The smallest absolute Gasteiger partial charge is 0.247 e. The van der Waals surface area contributed by atoms with Gasteiger partial charge in [0, 0.05) is 5.69 Å². The number of anilines is 1. The van der Waals surface area contributed by atoms with Gasteiger partial charge in [-0.05, 0) is 62.0 Å². The molecule has 0 saturated carbocycles. The zero-order valence-electron chi connectivity index (χ0n) is 10.8. The lowest BCUT2D eigenvalue weighted by atomic mass is 9.88. The monoisotopic (exact) mass is 244 g/mol. The van der Waals surface area contributed by atoms with E-state index < -0.39 is 0 Å². The maximum absolute atomic E-state index is 11.5. The third-order valence-electron chi connectivity index (χ3n) is 3.43. The molecule has 18 heavy (non-hydrogen) atoms. The van der Waals surface area contributed by atoms with Crippen LogP contribution in [0.15, 0.2) is 30.9 Å². The van der Waals surface area contributed by atoms with Crippen LogP contribution in [-0.2, 0) is 4.79 Å². The highest BCUT2D eigenvalue weighted by Crippen LogP contribution is 2.31. The zero-order valence-corrected chi connectivity index (χ0v) is 10.8. The molecule has 0 spiro atoms. The van der Waals surface area contributed by atoms with Crippen LogP contribution in [0.2, 0.25) is 0 Å². The number of hydrogen-bond acceptors (Lipinski definition) is 2. The van der Waals surface area contributed by atoms with Crippen molar-refractivity contribution in [2.45, 2.75) is 25.7 Å². The molecule has 1 aromatic carbocycles. The summed E-state index contributed by atoms with van der Waals surface area (Å²) in [6.07, 6.45) is 3.56. The van der Waals surface area contributed by atoms with Crippen molar-refractivity contribution < 1.29 is 4.79 Å². The Kier molecular flexibility index (Phi) is 4.15. The Balaban J connectivity index is 2.26. The topological polar surface area (TPSA) is 41.1 Å². The van der Waals surface area contributed by atoms with Crippen LogP contribution in [0.4, 0.5) is 5.69 Å². The van der Waals surface area contributed by atoms with Gasteiger partial charge in [0.15, 0.2) is 0 Å². The van der Waals surface area contributed by atoms with Gasteiger partial charge in [-0.25, -0.2) is 0 Å². The summed E-state index contributed by atoms with van der Waals surface area (Å²) >= 11 is 0. The first-order valence-corrected chi connectivity index (χ1v) is 6.45. The van der Waals surface area contributed by atoms with Crippen LogP contribution in [0.1, 0.15) is 29.9 Å². The molecule has 0 aromatic heterocycles. The Morgan fingerprint density at radius 1 is 1.44 bits per heavy atom. The van der Waals surface area contributed by atoms with E-state index in [2.05, 4.69) is 29.3 Å². The summed E-state index contributed by atoms with van der Waals surface area (Å²) < 4.78 is 0. The molecule has 96 valence electrons. The van der Waals surface area contributed by atoms with E-state index in [9.17, 15) is 4.79 Å². The molecular formula is C15H20N2O. The first-order chi connectivity index (χ1) is 8.70. The quantitative estimate of drug-likeness (QED) is 0.802. The minimum absolute atomic E-state index is 0.143. The van der Waals surface area contributed by atoms with Crippen molar-refractivity contribution in [1.82, 2.24) is 5.32 Å². The van der Waals surface area contributed by atoms with Gasteiger partial charge < -0.3 is 10.6 Å². The lowest BCUT2D eigenvalue weighted by molar-refractivity contribution is -0.111. The third-order valence-corrected chi connectivity index (χ3v) is 3.43. The molecule has 1 aliphatic rings. The van der Waals surface area contributed by atoms with Gasteiger partial charge in [-0.3, -0.25) is 4.79 Å².